The van der Waals surface area contributed by atoms with Crippen molar-refractivity contribution in [2.75, 3.05) is 6.67 Å². The van der Waals surface area contributed by atoms with E-state index in [2.05, 4.69) is 6.58 Å². The van der Waals surface area contributed by atoms with Crippen molar-refractivity contribution < 1.29 is 13.2 Å². The maximum Gasteiger partial charge on any atom is 0.149 e. The molecule has 0 aliphatic rings. The largest absolute Gasteiger partial charge is 0.251 e. The number of hydrogen-bond donors (Lipinski definition) is 0. The van der Waals surface area contributed by atoms with Crippen molar-refractivity contribution in [2.45, 2.75) is 25.2 Å². The topological polar surface area (TPSA) is 0 Å². The first kappa shape index (κ1) is 9.53. The van der Waals surface area contributed by atoms with Gasteiger partial charge in [-0.05, 0) is 12.8 Å². The highest BCUT2D eigenvalue weighted by Gasteiger charge is 2.15. The molecular formula is C7H11F3. The van der Waals surface area contributed by atoms with Crippen molar-refractivity contribution in [3.8, 4) is 0 Å². The lowest BCUT2D eigenvalue weighted by Crippen LogP contribution is -2.14. The van der Waals surface area contributed by atoms with Crippen LogP contribution in [0.4, 0.5) is 13.2 Å². The maximum atomic E-state index is 12.4. The van der Waals surface area contributed by atoms with Crippen molar-refractivity contribution >= 4 is 0 Å². The van der Waals surface area contributed by atoms with Gasteiger partial charge in [-0.3, -0.25) is 4.39 Å². The molecule has 2 unspecified atom stereocenters. The maximum absolute atomic E-state index is 12.4. The molecule has 10 heavy (non-hydrogen) atoms. The third-order valence-electron chi connectivity index (χ3n) is 1.18. The number of allylic oxidation sites excluding steroid dienone is 1. The van der Waals surface area contributed by atoms with Crippen molar-refractivity contribution in [3.63, 3.8) is 0 Å². The molecule has 60 valence electrons. The van der Waals surface area contributed by atoms with Gasteiger partial charge in [-0.25, -0.2) is 8.78 Å². The first-order valence-electron chi connectivity index (χ1n) is 3.19. The Morgan fingerprint density at radius 3 is 2.40 bits per heavy atom. The molecule has 0 rings (SSSR count). The van der Waals surface area contributed by atoms with Crippen LogP contribution < -0.4 is 0 Å². The Bertz CT molecular complexity index is 92.9. The monoisotopic (exact) mass is 152 g/mol. The minimum Gasteiger partial charge on any atom is -0.251 e. The SMILES string of the molecule is C=CC(F)C(F)CCCF. The normalized spacial score (nSPS) is 16.3. The van der Waals surface area contributed by atoms with Crippen LogP contribution in [0.2, 0.25) is 0 Å². The van der Waals surface area contributed by atoms with Gasteiger partial charge in [0.1, 0.15) is 12.3 Å². The standard InChI is InChI=1S/C7H11F3/c1-2-6(9)7(10)4-3-5-8/h2,6-7H,1,3-5H2. The molecule has 0 aromatic rings. The Hall–Kier alpha value is -0.470. The molecule has 0 aliphatic heterocycles. The number of halogens is 3. The average molecular weight is 152 g/mol. The zero-order valence-electron chi connectivity index (χ0n) is 5.69. The minimum absolute atomic E-state index is 0.0658. The second kappa shape index (κ2) is 5.33. The molecule has 0 nitrogen and oxygen atoms in total. The molecule has 0 amide bonds. The molecule has 0 N–H and O–H groups in total. The van der Waals surface area contributed by atoms with Crippen LogP contribution in [0, 0.1) is 0 Å². The summed E-state index contributed by atoms with van der Waals surface area (Å²) in [6.07, 6.45) is -2.33. The molecule has 0 saturated heterocycles. The highest BCUT2D eigenvalue weighted by molar-refractivity contribution is 4.84. The molecule has 2 atom stereocenters. The molecule has 0 aromatic carbocycles. The van der Waals surface area contributed by atoms with Crippen LogP contribution in [0.5, 0.6) is 0 Å². The van der Waals surface area contributed by atoms with Gasteiger partial charge in [0.25, 0.3) is 0 Å². The van der Waals surface area contributed by atoms with Crippen LogP contribution in [0.1, 0.15) is 12.8 Å². The van der Waals surface area contributed by atoms with E-state index in [1.165, 1.54) is 0 Å². The molecule has 0 aromatic heterocycles. The van der Waals surface area contributed by atoms with Gasteiger partial charge in [-0.1, -0.05) is 6.08 Å². The lowest BCUT2D eigenvalue weighted by Gasteiger charge is -2.07. The van der Waals surface area contributed by atoms with E-state index in [1.807, 2.05) is 0 Å². The number of rotatable bonds is 5. The van der Waals surface area contributed by atoms with Crippen LogP contribution in [0.25, 0.3) is 0 Å². The summed E-state index contributed by atoms with van der Waals surface area (Å²) < 4.78 is 36.0. The van der Waals surface area contributed by atoms with Crippen molar-refractivity contribution in [2.24, 2.45) is 0 Å². The molecule has 3 heteroatoms. The second-order valence-electron chi connectivity index (χ2n) is 2.03. The Labute approximate surface area is 58.7 Å². The zero-order valence-corrected chi connectivity index (χ0v) is 5.69. The molecule has 0 saturated carbocycles. The minimum atomic E-state index is -1.65. The van der Waals surface area contributed by atoms with Crippen LogP contribution >= 0.6 is 0 Å². The van der Waals surface area contributed by atoms with E-state index in [1.54, 1.807) is 0 Å². The number of hydrogen-bond acceptors (Lipinski definition) is 0. The quantitative estimate of drug-likeness (QED) is 0.531. The van der Waals surface area contributed by atoms with Gasteiger partial charge in [-0.2, -0.15) is 0 Å². The molecule has 0 heterocycles. The van der Waals surface area contributed by atoms with Crippen LogP contribution in [-0.4, -0.2) is 19.0 Å². The fourth-order valence-corrected chi connectivity index (χ4v) is 0.579. The molecule has 0 bridgehead atoms. The fraction of sp³-hybridized carbons (Fsp3) is 0.714. The van der Waals surface area contributed by atoms with Crippen molar-refractivity contribution in [1.82, 2.24) is 0 Å². The highest BCUT2D eigenvalue weighted by atomic mass is 19.2. The second-order valence-corrected chi connectivity index (χ2v) is 2.03. The van der Waals surface area contributed by atoms with Crippen molar-refractivity contribution in [3.05, 3.63) is 12.7 Å². The van der Waals surface area contributed by atoms with E-state index in [9.17, 15) is 13.2 Å². The third-order valence-corrected chi connectivity index (χ3v) is 1.18. The van der Waals surface area contributed by atoms with E-state index >= 15 is 0 Å². The smallest absolute Gasteiger partial charge is 0.149 e. The molecule has 0 aliphatic carbocycles. The van der Waals surface area contributed by atoms with Crippen LogP contribution in [0.15, 0.2) is 12.7 Å². The molecular weight excluding hydrogens is 141 g/mol. The lowest BCUT2D eigenvalue weighted by molar-refractivity contribution is 0.187. The summed E-state index contributed by atoms with van der Waals surface area (Å²) in [7, 11) is 0. The third kappa shape index (κ3) is 3.54. The van der Waals surface area contributed by atoms with E-state index in [0.29, 0.717) is 0 Å². The van der Waals surface area contributed by atoms with Crippen LogP contribution in [-0.2, 0) is 0 Å². The summed E-state index contributed by atoms with van der Waals surface area (Å²) in [6.45, 7) is 2.49. The number of alkyl halides is 3. The van der Waals surface area contributed by atoms with Gasteiger partial charge in [0.2, 0.25) is 0 Å². The predicted molar refractivity (Wildman–Crippen MR) is 35.2 cm³/mol. The Balaban J connectivity index is 3.40. The summed E-state index contributed by atoms with van der Waals surface area (Å²) in [4.78, 5) is 0. The van der Waals surface area contributed by atoms with Gasteiger partial charge in [-0.15, -0.1) is 6.58 Å². The van der Waals surface area contributed by atoms with Gasteiger partial charge < -0.3 is 0 Å². The molecule has 0 fully saturated rings. The summed E-state index contributed by atoms with van der Waals surface area (Å²) in [5.74, 6) is 0. The molecule has 0 spiro atoms. The van der Waals surface area contributed by atoms with Gasteiger partial charge in [0.05, 0.1) is 6.67 Å². The van der Waals surface area contributed by atoms with E-state index in [0.717, 1.165) is 6.08 Å². The highest BCUT2D eigenvalue weighted by Crippen LogP contribution is 2.11. The zero-order chi connectivity index (χ0) is 7.98. The van der Waals surface area contributed by atoms with Crippen LogP contribution in [0.3, 0.4) is 0 Å². The van der Waals surface area contributed by atoms with Crippen molar-refractivity contribution in [1.29, 1.82) is 0 Å². The Morgan fingerprint density at radius 1 is 1.40 bits per heavy atom. The molecule has 0 radical (unpaired) electrons. The van der Waals surface area contributed by atoms with Gasteiger partial charge in [0, 0.05) is 0 Å². The Morgan fingerprint density at radius 2 is 2.00 bits per heavy atom. The summed E-state index contributed by atoms with van der Waals surface area (Å²) in [5.41, 5.74) is 0. The summed E-state index contributed by atoms with van der Waals surface area (Å²) in [5, 5.41) is 0. The first-order chi connectivity index (χ1) is 4.72. The average Bonchev–Trinajstić information content (AvgIpc) is 1.98. The Kier molecular flexibility index (Phi) is 5.08. The summed E-state index contributed by atoms with van der Waals surface area (Å²) in [6, 6.07) is 0. The van der Waals surface area contributed by atoms with Gasteiger partial charge in [0.15, 0.2) is 0 Å². The van der Waals surface area contributed by atoms with E-state index < -0.39 is 19.0 Å². The predicted octanol–water partition coefficient (Wildman–Crippen LogP) is 2.60. The summed E-state index contributed by atoms with van der Waals surface area (Å²) >= 11 is 0. The fourth-order valence-electron chi connectivity index (χ4n) is 0.579. The van der Waals surface area contributed by atoms with E-state index in [-0.39, 0.29) is 12.8 Å². The van der Waals surface area contributed by atoms with E-state index in [4.69, 9.17) is 0 Å². The van der Waals surface area contributed by atoms with Gasteiger partial charge >= 0.3 is 0 Å². The lowest BCUT2D eigenvalue weighted by atomic mass is 10.1. The first-order valence-corrected chi connectivity index (χ1v) is 3.19.